The number of hydrogen-bond donors (Lipinski definition) is 0. The van der Waals surface area contributed by atoms with Gasteiger partial charge in [0.25, 0.3) is 0 Å². The van der Waals surface area contributed by atoms with Crippen molar-refractivity contribution in [2.45, 2.75) is 65.3 Å². The second kappa shape index (κ2) is 29.8. The molecular formula is C20H62O5P32. The molecule has 57 heavy (non-hydrogen) atoms. The largest absolute Gasteiger partial charge is 0.460 e. The first kappa shape index (κ1) is 63.9. The first-order valence-corrected chi connectivity index (χ1v) is 71.4. The lowest BCUT2D eigenvalue weighted by molar-refractivity contribution is -0.147. The summed E-state index contributed by atoms with van der Waals surface area (Å²) in [6.07, 6.45) is 1.83. The third kappa shape index (κ3) is 16.3. The Morgan fingerprint density at radius 2 is 1.28 bits per heavy atom. The van der Waals surface area contributed by atoms with Crippen LogP contribution >= 0.6 is 261 Å². The average molecular weight is 1370 g/mol. The molecule has 0 radical (unpaired) electrons. The maximum Gasteiger partial charge on any atom is 0.206 e. The third-order valence-corrected chi connectivity index (χ3v) is 151. The number of ketones is 1. The van der Waals surface area contributed by atoms with E-state index < -0.39 is 82.3 Å². The lowest BCUT2D eigenvalue weighted by atomic mass is 9.50. The summed E-state index contributed by atoms with van der Waals surface area (Å²) in [6, 6.07) is 0. The van der Waals surface area contributed by atoms with Crippen molar-refractivity contribution in [1.82, 2.24) is 0 Å². The Kier molecular flexibility index (Phi) is 33.4. The Hall–Kier alpha value is 12.6. The van der Waals surface area contributed by atoms with E-state index >= 15 is 4.79 Å². The highest BCUT2D eigenvalue weighted by atomic mass is 33.2. The first-order valence-electron chi connectivity index (χ1n) is 16.5. The van der Waals surface area contributed by atoms with Gasteiger partial charge in [0.15, 0.2) is 13.3 Å². The van der Waals surface area contributed by atoms with Crippen LogP contribution in [-0.4, -0.2) is 24.1 Å². The van der Waals surface area contributed by atoms with E-state index in [4.69, 9.17) is 24.7 Å². The Balaban J connectivity index is 2.51. The molecule has 2 fully saturated rings. The molecule has 5 nitrogen and oxygen atoms in total. The number of hydrogen-bond acceptors (Lipinski definition) is 5. The van der Waals surface area contributed by atoms with Gasteiger partial charge in [-0.3, -0.25) is 4.79 Å². The predicted molar refractivity (Wildman–Crippen MR) is 360 cm³/mol. The summed E-state index contributed by atoms with van der Waals surface area (Å²) in [5.74, 6) is 0.502. The van der Waals surface area contributed by atoms with E-state index in [1.807, 2.05) is 0 Å². The minimum atomic E-state index is -0.967. The molecule has 0 heterocycles. The van der Waals surface area contributed by atoms with Gasteiger partial charge in [0.2, 0.25) is 5.78 Å². The van der Waals surface area contributed by atoms with E-state index in [0.717, 1.165) is 30.4 Å². The van der Waals surface area contributed by atoms with Gasteiger partial charge in [-0.25, -0.2) is 0 Å². The summed E-state index contributed by atoms with van der Waals surface area (Å²) in [6.45, 7) is 9.57. The predicted octanol–water partition coefficient (Wildman–Crippen LogP) is 21.4. The molecule has 0 N–H and O–H groups in total. The lowest BCUT2D eigenvalue weighted by Gasteiger charge is -2.59. The fraction of sp³-hybridized carbons (Fsp3) is 0.750. The van der Waals surface area contributed by atoms with Gasteiger partial charge in [-0.05, 0) is 85.0 Å². The second-order valence-corrected chi connectivity index (χ2v) is 122. The molecule has 30 atom stereocenters. The summed E-state index contributed by atoms with van der Waals surface area (Å²) in [5, 5.41) is 0. The van der Waals surface area contributed by atoms with Crippen LogP contribution in [0, 0.1) is 28.6 Å². The standard InChI is InChI=1S/C20H62O5P32/c1-9-6-7-13(24-45(48(28)29)49(30)31)20(5)14(9)16(22-43-26)11-8-12(23-47(55(42)51(34)35)57(53(38)39)54(40)41)10(2)15(19(11,3)4)17(18(20)21)25-46(50(32)33)56(44-27)52(36)37/h10-14,16,43-44H,1,6-8,26-42H2,2-5H3/t10?,11?,12-,13-,14-,16+,20+,46?,47?,55?,56?/m0/s1. The van der Waals surface area contributed by atoms with Crippen molar-refractivity contribution in [3.05, 3.63) is 23.5 Å². The molecule has 3 aliphatic rings. The van der Waals surface area contributed by atoms with Crippen LogP contribution < -0.4 is 0 Å². The van der Waals surface area contributed by atoms with Gasteiger partial charge < -0.3 is 18.1 Å². The van der Waals surface area contributed by atoms with Gasteiger partial charge >= 0.3 is 0 Å². The van der Waals surface area contributed by atoms with E-state index in [1.165, 1.54) is 0 Å². The van der Waals surface area contributed by atoms with E-state index in [-0.39, 0.29) is 71.3 Å². The molecule has 0 aromatic carbocycles. The van der Waals surface area contributed by atoms with Crippen LogP contribution in [0.3, 0.4) is 0 Å². The monoisotopic (exact) mass is 1370 g/mol. The zero-order chi connectivity index (χ0) is 43.6. The molecular weight excluding hydrogens is 1310 g/mol. The zero-order valence-electron chi connectivity index (χ0n) is 32.0. The van der Waals surface area contributed by atoms with Crippen LogP contribution in [0.5, 0.6) is 0 Å². The number of Topliss-reactive ketones (excluding diaryl/α,β-unsaturated/α-hetero) is 1. The van der Waals surface area contributed by atoms with Crippen LogP contribution in [0.2, 0.25) is 0 Å². The van der Waals surface area contributed by atoms with Crippen LogP contribution in [0.4, 0.5) is 0 Å². The smallest absolute Gasteiger partial charge is 0.206 e. The molecule has 0 saturated heterocycles. The SMILES string of the molecule is C=C1CC[C@H](OP(P(P)P)P(P)P)[C@@]2(C)C(=O)C(OP(P(P)P)P(PP)P(P)P)=C3C(C)[C@@H](OP(P(P)P(P)P)P(P(P)P)P(P)P)CC([C@@H](OPP)[C@H]12)C3(C)C. The highest BCUT2D eigenvalue weighted by Crippen LogP contribution is 3.18. The van der Waals surface area contributed by atoms with Crippen molar-refractivity contribution in [3.8, 4) is 0 Å². The van der Waals surface area contributed by atoms with Crippen molar-refractivity contribution in [2.24, 2.45) is 28.6 Å². The average Bonchev–Trinajstić information content (AvgIpc) is 3.08. The highest BCUT2D eigenvalue weighted by molar-refractivity contribution is 9.19. The van der Waals surface area contributed by atoms with Crippen molar-refractivity contribution in [3.63, 3.8) is 0 Å². The number of allylic oxidation sites excluding steroid dienone is 1. The summed E-state index contributed by atoms with van der Waals surface area (Å²) < 4.78 is 29.9. The number of carbonyl (C=O) groups is 1. The third-order valence-electron chi connectivity index (χ3n) is 10.2. The van der Waals surface area contributed by atoms with Crippen molar-refractivity contribution >= 4 is 266 Å². The van der Waals surface area contributed by atoms with Gasteiger partial charge in [0.1, 0.15) is 0 Å². The quantitative estimate of drug-likeness (QED) is 0.0953. The minimum Gasteiger partial charge on any atom is -0.460 e. The van der Waals surface area contributed by atoms with Crippen LogP contribution in [-0.2, 0) is 22.9 Å². The zero-order valence-corrected chi connectivity index (χ0v) is 65.2. The Morgan fingerprint density at radius 1 is 0.737 bits per heavy atom. The Bertz CT molecular complexity index is 1370. The molecule has 0 aromatic heterocycles. The number of rotatable bonds is 19. The molecule has 0 aromatic rings. The fourth-order valence-corrected chi connectivity index (χ4v) is 203. The summed E-state index contributed by atoms with van der Waals surface area (Å²) >= 11 is 0. The molecule has 3 rings (SSSR count). The first-order chi connectivity index (χ1) is 26.3. The maximum atomic E-state index is 16.5. The van der Waals surface area contributed by atoms with Gasteiger partial charge in [-0.15, -0.1) is 116 Å². The lowest BCUT2D eigenvalue weighted by Crippen LogP contribution is -2.61. The van der Waals surface area contributed by atoms with Crippen LogP contribution in [0.25, 0.3) is 0 Å². The fourth-order valence-electron chi connectivity index (χ4n) is 7.73. The number of carbonyl (C=O) groups excluding carboxylic acids is 1. The van der Waals surface area contributed by atoms with Gasteiger partial charge in [0, 0.05) is 48.3 Å². The topological polar surface area (TPSA) is 54.0 Å². The van der Waals surface area contributed by atoms with Crippen molar-refractivity contribution < 1.29 is 22.9 Å². The normalized spacial score (nSPS) is 31.1. The van der Waals surface area contributed by atoms with Crippen LogP contribution in [0.1, 0.15) is 47.0 Å². The van der Waals surface area contributed by atoms with E-state index in [1.54, 1.807) is 0 Å². The molecule has 3 aliphatic carbocycles. The summed E-state index contributed by atoms with van der Waals surface area (Å²) in [5.41, 5.74) is 0.914. The molecule has 2 saturated carbocycles. The molecule has 0 aliphatic heterocycles. The second-order valence-electron chi connectivity index (χ2n) is 13.8. The van der Waals surface area contributed by atoms with Crippen LogP contribution in [0.15, 0.2) is 23.5 Å². The molecule has 0 spiro atoms. The maximum absolute atomic E-state index is 16.5. The molecule has 25 unspecified atom stereocenters. The van der Waals surface area contributed by atoms with Gasteiger partial charge in [0.05, 0.1) is 38.8 Å². The Labute approximate surface area is 402 Å². The highest BCUT2D eigenvalue weighted by Gasteiger charge is 2.64. The summed E-state index contributed by atoms with van der Waals surface area (Å²) in [4.78, 5) is 16.5. The van der Waals surface area contributed by atoms with E-state index in [0.29, 0.717) is 13.7 Å². The Morgan fingerprint density at radius 3 is 1.72 bits per heavy atom. The van der Waals surface area contributed by atoms with E-state index in [9.17, 15) is 0 Å². The molecule has 332 valence electrons. The van der Waals surface area contributed by atoms with Gasteiger partial charge in [-0.1, -0.05) is 76.6 Å². The molecule has 37 heteroatoms. The van der Waals surface area contributed by atoms with Crippen molar-refractivity contribution in [1.29, 1.82) is 0 Å². The molecule has 0 amide bonds. The van der Waals surface area contributed by atoms with E-state index in [2.05, 4.69) is 179 Å². The number of fused-ring (bicyclic) bond motifs is 3. The van der Waals surface area contributed by atoms with Gasteiger partial charge in [-0.2, -0.15) is 0 Å². The minimum absolute atomic E-state index is 0.0251. The summed E-state index contributed by atoms with van der Waals surface area (Å²) in [7, 11) is 50.9. The van der Waals surface area contributed by atoms with Crippen molar-refractivity contribution in [2.75, 3.05) is 0 Å². The molecule has 2 bridgehead atoms.